The third kappa shape index (κ3) is 3.97. The first-order valence-electron chi connectivity index (χ1n) is 9.96. The van der Waals surface area contributed by atoms with Crippen molar-refractivity contribution in [3.8, 4) is 5.75 Å². The van der Waals surface area contributed by atoms with Gasteiger partial charge in [-0.25, -0.2) is 4.98 Å². The maximum Gasteiger partial charge on any atom is 0.264 e. The van der Waals surface area contributed by atoms with Crippen LogP contribution in [0.2, 0.25) is 0 Å². The van der Waals surface area contributed by atoms with Gasteiger partial charge in [0.25, 0.3) is 5.91 Å². The van der Waals surface area contributed by atoms with Crippen LogP contribution in [0.5, 0.6) is 5.75 Å². The van der Waals surface area contributed by atoms with E-state index in [-0.39, 0.29) is 5.91 Å². The number of benzene rings is 3. The number of aromatic nitrogens is 2. The number of nitrogens with zero attached hydrogens (tertiary/aromatic N) is 3. The zero-order valence-electron chi connectivity index (χ0n) is 17.2. The van der Waals surface area contributed by atoms with Crippen molar-refractivity contribution in [2.24, 2.45) is 0 Å². The molecule has 0 saturated carbocycles. The predicted octanol–water partition coefficient (Wildman–Crippen LogP) is 6.46. The van der Waals surface area contributed by atoms with Crippen LogP contribution < -0.4 is 9.64 Å². The highest BCUT2D eigenvalue weighted by atomic mass is 79.9. The van der Waals surface area contributed by atoms with Crippen LogP contribution in [0.3, 0.4) is 0 Å². The number of ether oxygens (including phenoxy) is 1. The molecule has 2 heterocycles. The molecule has 5 rings (SSSR count). The molecule has 0 N–H and O–H groups in total. The largest absolute Gasteiger partial charge is 0.496 e. The fourth-order valence-electron chi connectivity index (χ4n) is 3.60. The molecule has 5 aromatic rings. The van der Waals surface area contributed by atoms with Gasteiger partial charge in [-0.15, -0.1) is 0 Å². The lowest BCUT2D eigenvalue weighted by Gasteiger charge is -2.21. The van der Waals surface area contributed by atoms with Gasteiger partial charge in [0, 0.05) is 16.9 Å². The summed E-state index contributed by atoms with van der Waals surface area (Å²) in [7, 11) is 1.58. The van der Waals surface area contributed by atoms with Gasteiger partial charge >= 0.3 is 0 Å². The average molecular weight is 504 g/mol. The minimum absolute atomic E-state index is 0.172. The molecule has 3 aromatic carbocycles. The van der Waals surface area contributed by atoms with Crippen molar-refractivity contribution in [3.05, 3.63) is 94.7 Å². The first-order valence-corrected chi connectivity index (χ1v) is 11.6. The van der Waals surface area contributed by atoms with Crippen LogP contribution in [-0.2, 0) is 6.54 Å². The normalized spacial score (nSPS) is 11.1. The molecule has 0 radical (unpaired) electrons. The average Bonchev–Trinajstić information content (AvgIpc) is 3.24. The van der Waals surface area contributed by atoms with Crippen molar-refractivity contribution >= 4 is 59.3 Å². The summed E-state index contributed by atoms with van der Waals surface area (Å²) in [6, 6.07) is 21.4. The number of fused-ring (bicyclic) bond motifs is 2. The highest BCUT2D eigenvalue weighted by Crippen LogP contribution is 2.34. The second-order valence-electron chi connectivity index (χ2n) is 7.26. The molecule has 2 aromatic heterocycles. The second-order valence-corrected chi connectivity index (χ2v) is 9.19. The van der Waals surface area contributed by atoms with E-state index < -0.39 is 0 Å². The predicted molar refractivity (Wildman–Crippen MR) is 133 cm³/mol. The quantitative estimate of drug-likeness (QED) is 0.276. The number of thiazole rings is 1. The Morgan fingerprint density at radius 1 is 1.06 bits per heavy atom. The highest BCUT2D eigenvalue weighted by molar-refractivity contribution is 9.10. The standard InChI is InChI=1S/C25H18BrN3O2S/c1-31-22-12-18-7-3-2-6-17(18)11-20(22)24(30)29(15-16-5-4-10-27-14-16)25-28-21-9-8-19(26)13-23(21)32-25/h2-14H,15H2,1H3. The fourth-order valence-corrected chi connectivity index (χ4v) is 5.12. The van der Waals surface area contributed by atoms with E-state index in [9.17, 15) is 4.79 Å². The summed E-state index contributed by atoms with van der Waals surface area (Å²) in [6.07, 6.45) is 3.49. The Kier molecular flexibility index (Phi) is 5.59. The van der Waals surface area contributed by atoms with Crippen molar-refractivity contribution in [1.29, 1.82) is 0 Å². The Hall–Kier alpha value is -3.29. The van der Waals surface area contributed by atoms with Crippen molar-refractivity contribution in [1.82, 2.24) is 9.97 Å². The molecule has 0 atom stereocenters. The molecule has 0 bridgehead atoms. The third-order valence-corrected chi connectivity index (χ3v) is 6.71. The number of amides is 1. The number of pyridine rings is 1. The van der Waals surface area contributed by atoms with Gasteiger partial charge in [0.2, 0.25) is 0 Å². The van der Waals surface area contributed by atoms with Gasteiger partial charge in [-0.3, -0.25) is 14.7 Å². The van der Waals surface area contributed by atoms with Crippen LogP contribution in [0.15, 0.2) is 83.6 Å². The summed E-state index contributed by atoms with van der Waals surface area (Å²) in [4.78, 5) is 24.6. The number of carbonyl (C=O) groups excluding carboxylic acids is 1. The second kappa shape index (κ2) is 8.68. The molecule has 0 aliphatic carbocycles. The minimum Gasteiger partial charge on any atom is -0.496 e. The van der Waals surface area contributed by atoms with Gasteiger partial charge in [-0.05, 0) is 52.7 Å². The zero-order valence-corrected chi connectivity index (χ0v) is 19.6. The number of anilines is 1. The van der Waals surface area contributed by atoms with Gasteiger partial charge in [-0.2, -0.15) is 0 Å². The molecule has 0 aliphatic rings. The van der Waals surface area contributed by atoms with E-state index in [1.165, 1.54) is 11.3 Å². The van der Waals surface area contributed by atoms with Crippen LogP contribution >= 0.6 is 27.3 Å². The molecule has 5 nitrogen and oxygen atoms in total. The summed E-state index contributed by atoms with van der Waals surface area (Å²) in [5.41, 5.74) is 2.26. The maximum absolute atomic E-state index is 13.9. The van der Waals surface area contributed by atoms with Crippen molar-refractivity contribution < 1.29 is 9.53 Å². The number of hydrogen-bond acceptors (Lipinski definition) is 5. The molecule has 1 amide bonds. The molecule has 0 unspecified atom stereocenters. The van der Waals surface area contributed by atoms with Crippen molar-refractivity contribution in [2.45, 2.75) is 6.54 Å². The molecule has 0 aliphatic heterocycles. The van der Waals surface area contributed by atoms with Gasteiger partial charge in [0.05, 0.1) is 29.4 Å². The lowest BCUT2D eigenvalue weighted by Crippen LogP contribution is -2.30. The highest BCUT2D eigenvalue weighted by Gasteiger charge is 2.25. The topological polar surface area (TPSA) is 55.3 Å². The molecule has 0 saturated heterocycles. The maximum atomic E-state index is 13.9. The molecule has 0 fully saturated rings. The number of carbonyl (C=O) groups is 1. The van der Waals surface area contributed by atoms with E-state index in [2.05, 4.69) is 20.9 Å². The van der Waals surface area contributed by atoms with Crippen LogP contribution in [-0.4, -0.2) is 23.0 Å². The van der Waals surface area contributed by atoms with E-state index in [4.69, 9.17) is 9.72 Å². The lowest BCUT2D eigenvalue weighted by molar-refractivity contribution is 0.0982. The Morgan fingerprint density at radius 2 is 1.88 bits per heavy atom. The van der Waals surface area contributed by atoms with Crippen LogP contribution in [0.25, 0.3) is 21.0 Å². The number of methoxy groups -OCH3 is 1. The van der Waals surface area contributed by atoms with Crippen molar-refractivity contribution in [2.75, 3.05) is 12.0 Å². The zero-order chi connectivity index (χ0) is 22.1. The number of halogens is 1. The van der Waals surface area contributed by atoms with Gasteiger partial charge in [0.15, 0.2) is 5.13 Å². The van der Waals surface area contributed by atoms with E-state index in [1.807, 2.05) is 66.7 Å². The third-order valence-electron chi connectivity index (χ3n) is 5.18. The number of hydrogen-bond donors (Lipinski definition) is 0. The summed E-state index contributed by atoms with van der Waals surface area (Å²) >= 11 is 5.00. The van der Waals surface area contributed by atoms with Crippen molar-refractivity contribution in [3.63, 3.8) is 0 Å². The lowest BCUT2D eigenvalue weighted by atomic mass is 10.0. The fraction of sp³-hybridized carbons (Fsp3) is 0.0800. The number of rotatable bonds is 5. The summed E-state index contributed by atoms with van der Waals surface area (Å²) in [5.74, 6) is 0.364. The smallest absolute Gasteiger partial charge is 0.264 e. The van der Waals surface area contributed by atoms with Crippen LogP contribution in [0.1, 0.15) is 15.9 Å². The van der Waals surface area contributed by atoms with E-state index in [1.54, 1.807) is 24.4 Å². The summed E-state index contributed by atoms with van der Waals surface area (Å²) in [5, 5.41) is 2.62. The van der Waals surface area contributed by atoms with E-state index in [0.29, 0.717) is 23.0 Å². The molecule has 32 heavy (non-hydrogen) atoms. The van der Waals surface area contributed by atoms with Gasteiger partial charge in [-0.1, -0.05) is 57.6 Å². The molecule has 7 heteroatoms. The Balaban J connectivity index is 1.64. The van der Waals surface area contributed by atoms with E-state index in [0.717, 1.165) is 31.0 Å². The van der Waals surface area contributed by atoms with E-state index >= 15 is 0 Å². The summed E-state index contributed by atoms with van der Waals surface area (Å²) in [6.45, 7) is 0.351. The monoisotopic (exact) mass is 503 g/mol. The molecule has 0 spiro atoms. The molecular formula is C25H18BrN3O2S. The first kappa shape index (κ1) is 20.6. The van der Waals surface area contributed by atoms with Crippen LogP contribution in [0.4, 0.5) is 5.13 Å². The Morgan fingerprint density at radius 3 is 2.62 bits per heavy atom. The minimum atomic E-state index is -0.172. The first-order chi connectivity index (χ1) is 15.6. The SMILES string of the molecule is COc1cc2ccccc2cc1C(=O)N(Cc1cccnc1)c1nc2ccc(Br)cc2s1. The van der Waals surface area contributed by atoms with Crippen LogP contribution in [0, 0.1) is 0 Å². The Labute approximate surface area is 197 Å². The summed E-state index contributed by atoms with van der Waals surface area (Å²) < 4.78 is 7.58. The Bertz CT molecular complexity index is 1440. The molecule has 158 valence electrons. The molecular weight excluding hydrogens is 486 g/mol. The van der Waals surface area contributed by atoms with Gasteiger partial charge in [0.1, 0.15) is 5.75 Å². The van der Waals surface area contributed by atoms with Gasteiger partial charge < -0.3 is 4.74 Å².